The van der Waals surface area contributed by atoms with Gasteiger partial charge in [-0.25, -0.2) is 9.37 Å². The maximum absolute atomic E-state index is 13.5. The highest BCUT2D eigenvalue weighted by Crippen LogP contribution is 2.33. The minimum absolute atomic E-state index is 0.206. The molecule has 6 heteroatoms. The first-order chi connectivity index (χ1) is 13.0. The normalized spacial score (nSPS) is 14.4. The molecule has 1 unspecified atom stereocenters. The van der Waals surface area contributed by atoms with Gasteiger partial charge >= 0.3 is 0 Å². The van der Waals surface area contributed by atoms with E-state index in [-0.39, 0.29) is 17.0 Å². The molecule has 2 heterocycles. The number of aromatic nitrogens is 1. The number of pyridine rings is 1. The van der Waals surface area contributed by atoms with Crippen LogP contribution in [0.1, 0.15) is 39.2 Å². The number of carbonyl (C=O) groups is 2. The molecule has 134 valence electrons. The molecule has 0 fully saturated rings. The van der Waals surface area contributed by atoms with Gasteiger partial charge in [-0.05, 0) is 36.2 Å². The Labute approximate surface area is 160 Å². The maximum Gasteiger partial charge on any atom is 0.262 e. The fraction of sp³-hybridized carbons (Fsp3) is 0.0952. The summed E-state index contributed by atoms with van der Waals surface area (Å²) in [7, 11) is 0. The molecule has 2 aromatic carbocycles. The van der Waals surface area contributed by atoms with Gasteiger partial charge < -0.3 is 0 Å². The van der Waals surface area contributed by atoms with E-state index in [4.69, 9.17) is 11.6 Å². The van der Waals surface area contributed by atoms with Crippen molar-refractivity contribution >= 4 is 23.4 Å². The van der Waals surface area contributed by atoms with E-state index in [1.54, 1.807) is 55.5 Å². The van der Waals surface area contributed by atoms with Crippen LogP contribution in [0.4, 0.5) is 4.39 Å². The lowest BCUT2D eigenvalue weighted by molar-refractivity contribution is 0.0595. The summed E-state index contributed by atoms with van der Waals surface area (Å²) >= 11 is 6.05. The lowest BCUT2D eigenvalue weighted by Crippen LogP contribution is -2.32. The minimum Gasteiger partial charge on any atom is -0.269 e. The van der Waals surface area contributed by atoms with Gasteiger partial charge in [0.25, 0.3) is 11.8 Å². The summed E-state index contributed by atoms with van der Waals surface area (Å²) in [6.07, 6.45) is 1.06. The van der Waals surface area contributed by atoms with Crippen LogP contribution in [-0.2, 0) is 0 Å². The number of halogens is 2. The highest BCUT2D eigenvalue weighted by atomic mass is 35.5. The molecule has 0 N–H and O–H groups in total. The summed E-state index contributed by atoms with van der Waals surface area (Å²) < 4.78 is 13.5. The molecule has 0 aliphatic carbocycles. The highest BCUT2D eigenvalue weighted by molar-refractivity contribution is 6.32. The Hall–Kier alpha value is -3.05. The number of benzene rings is 2. The Morgan fingerprint density at radius 1 is 0.963 bits per heavy atom. The zero-order chi connectivity index (χ0) is 19.1. The lowest BCUT2D eigenvalue weighted by Gasteiger charge is -2.23. The molecule has 1 aliphatic rings. The third-order valence-corrected chi connectivity index (χ3v) is 5.02. The number of fused-ring (bicyclic) bond motifs is 1. The van der Waals surface area contributed by atoms with Crippen molar-refractivity contribution in [3.8, 4) is 11.1 Å². The SMILES string of the molecule is CC(c1ccc(-c2cc(F)cnc2Cl)cc1)N1C(=O)c2ccccc2C1=O. The van der Waals surface area contributed by atoms with Gasteiger partial charge in [-0.15, -0.1) is 0 Å². The number of amides is 2. The number of hydrogen-bond donors (Lipinski definition) is 0. The van der Waals surface area contributed by atoms with Crippen LogP contribution in [0, 0.1) is 5.82 Å². The van der Waals surface area contributed by atoms with Crippen LogP contribution >= 0.6 is 11.6 Å². The molecule has 27 heavy (non-hydrogen) atoms. The molecule has 0 saturated heterocycles. The molecule has 1 atom stereocenters. The molecule has 2 amide bonds. The smallest absolute Gasteiger partial charge is 0.262 e. The van der Waals surface area contributed by atoms with Gasteiger partial charge in [0.05, 0.1) is 23.4 Å². The van der Waals surface area contributed by atoms with Crippen molar-refractivity contribution < 1.29 is 14.0 Å². The average molecular weight is 381 g/mol. The summed E-state index contributed by atoms with van der Waals surface area (Å²) in [5, 5.41) is 0.206. The molecule has 1 aromatic heterocycles. The summed E-state index contributed by atoms with van der Waals surface area (Å²) in [6.45, 7) is 1.80. The van der Waals surface area contributed by atoms with Gasteiger partial charge in [-0.3, -0.25) is 14.5 Å². The van der Waals surface area contributed by atoms with Crippen LogP contribution < -0.4 is 0 Å². The van der Waals surface area contributed by atoms with Crippen molar-refractivity contribution in [1.82, 2.24) is 9.88 Å². The molecule has 0 spiro atoms. The summed E-state index contributed by atoms with van der Waals surface area (Å²) in [5.74, 6) is -1.08. The third kappa shape index (κ3) is 2.90. The van der Waals surface area contributed by atoms with Gasteiger partial charge in [-0.2, -0.15) is 0 Å². The van der Waals surface area contributed by atoms with E-state index in [0.29, 0.717) is 22.3 Å². The largest absolute Gasteiger partial charge is 0.269 e. The second kappa shape index (κ2) is 6.59. The quantitative estimate of drug-likeness (QED) is 0.479. The summed E-state index contributed by atoms with van der Waals surface area (Å²) in [5.41, 5.74) is 2.81. The van der Waals surface area contributed by atoms with Gasteiger partial charge in [0.1, 0.15) is 11.0 Å². The van der Waals surface area contributed by atoms with Crippen LogP contribution in [0.15, 0.2) is 60.8 Å². The van der Waals surface area contributed by atoms with Gasteiger partial charge in [0.2, 0.25) is 0 Å². The van der Waals surface area contributed by atoms with E-state index in [2.05, 4.69) is 4.98 Å². The summed E-state index contributed by atoms with van der Waals surface area (Å²) in [4.78, 5) is 30.3. The van der Waals surface area contributed by atoms with Crippen molar-refractivity contribution in [3.63, 3.8) is 0 Å². The second-order valence-electron chi connectivity index (χ2n) is 6.32. The lowest BCUT2D eigenvalue weighted by atomic mass is 10.0. The van der Waals surface area contributed by atoms with Crippen LogP contribution in [0.2, 0.25) is 5.15 Å². The predicted molar refractivity (Wildman–Crippen MR) is 100.0 cm³/mol. The maximum atomic E-state index is 13.5. The molecule has 1 aliphatic heterocycles. The number of carbonyl (C=O) groups excluding carboxylic acids is 2. The molecular weight excluding hydrogens is 367 g/mol. The fourth-order valence-corrected chi connectivity index (χ4v) is 3.49. The average Bonchev–Trinajstić information content (AvgIpc) is 2.94. The van der Waals surface area contributed by atoms with Crippen LogP contribution in [-0.4, -0.2) is 21.7 Å². The molecular formula is C21H14ClFN2O2. The van der Waals surface area contributed by atoms with E-state index in [1.165, 1.54) is 11.0 Å². The number of nitrogens with zero attached hydrogens (tertiary/aromatic N) is 2. The fourth-order valence-electron chi connectivity index (χ4n) is 3.27. The van der Waals surface area contributed by atoms with Crippen molar-refractivity contribution in [3.05, 3.63) is 88.5 Å². The standard InChI is InChI=1S/C21H14ClFN2O2/c1-12(25-20(26)16-4-2-3-5-17(16)21(25)27)13-6-8-14(9-7-13)18-10-15(23)11-24-19(18)22/h2-12H,1H3. The number of hydrogen-bond acceptors (Lipinski definition) is 3. The Kier molecular flexibility index (Phi) is 4.24. The van der Waals surface area contributed by atoms with Crippen molar-refractivity contribution in [2.24, 2.45) is 0 Å². The second-order valence-corrected chi connectivity index (χ2v) is 6.67. The third-order valence-electron chi connectivity index (χ3n) is 4.72. The van der Waals surface area contributed by atoms with E-state index in [1.807, 2.05) is 0 Å². The van der Waals surface area contributed by atoms with Crippen LogP contribution in [0.5, 0.6) is 0 Å². The first kappa shape index (κ1) is 17.4. The minimum atomic E-state index is -0.474. The first-order valence-electron chi connectivity index (χ1n) is 8.35. The topological polar surface area (TPSA) is 50.3 Å². The van der Waals surface area contributed by atoms with Gasteiger partial charge in [0.15, 0.2) is 0 Å². The zero-order valence-corrected chi connectivity index (χ0v) is 15.1. The molecule has 0 bridgehead atoms. The highest BCUT2D eigenvalue weighted by Gasteiger charge is 2.38. The van der Waals surface area contributed by atoms with Crippen LogP contribution in [0.25, 0.3) is 11.1 Å². The molecule has 4 rings (SSSR count). The summed E-state index contributed by atoms with van der Waals surface area (Å²) in [6, 6.07) is 14.8. The van der Waals surface area contributed by atoms with Crippen molar-refractivity contribution in [1.29, 1.82) is 0 Å². The van der Waals surface area contributed by atoms with E-state index < -0.39 is 11.9 Å². The monoisotopic (exact) mass is 380 g/mol. The molecule has 0 saturated carbocycles. The Balaban J connectivity index is 1.64. The number of rotatable bonds is 3. The number of imide groups is 1. The van der Waals surface area contributed by atoms with Crippen molar-refractivity contribution in [2.45, 2.75) is 13.0 Å². The molecule has 3 aromatic rings. The first-order valence-corrected chi connectivity index (χ1v) is 8.73. The van der Waals surface area contributed by atoms with Gasteiger partial charge in [0, 0.05) is 5.56 Å². The van der Waals surface area contributed by atoms with E-state index >= 15 is 0 Å². The van der Waals surface area contributed by atoms with Crippen LogP contribution in [0.3, 0.4) is 0 Å². The Morgan fingerprint density at radius 2 is 1.56 bits per heavy atom. The van der Waals surface area contributed by atoms with Gasteiger partial charge in [-0.1, -0.05) is 48.0 Å². The molecule has 4 nitrogen and oxygen atoms in total. The Morgan fingerprint density at radius 3 is 2.15 bits per heavy atom. The van der Waals surface area contributed by atoms with E-state index in [9.17, 15) is 14.0 Å². The van der Waals surface area contributed by atoms with Crippen molar-refractivity contribution in [2.75, 3.05) is 0 Å². The molecule has 0 radical (unpaired) electrons. The Bertz CT molecular complexity index is 1030. The zero-order valence-electron chi connectivity index (χ0n) is 14.3. The van der Waals surface area contributed by atoms with E-state index in [0.717, 1.165) is 11.8 Å². The predicted octanol–water partition coefficient (Wildman–Crippen LogP) is 4.90.